The molecular weight excluding hydrogens is 412 g/mol. The number of fused-ring (bicyclic) bond motifs is 6. The van der Waals surface area contributed by atoms with E-state index in [0.29, 0.717) is 5.56 Å². The molecule has 0 bridgehead atoms. The summed E-state index contributed by atoms with van der Waals surface area (Å²) in [5, 5.41) is 25.3. The third-order valence-corrected chi connectivity index (χ3v) is 7.33. The molecule has 0 amide bonds. The topological polar surface area (TPSA) is 87.6 Å². The van der Waals surface area contributed by atoms with E-state index in [1.165, 1.54) is 11.3 Å². The summed E-state index contributed by atoms with van der Waals surface area (Å²) in [6.07, 6.45) is 2.16. The summed E-state index contributed by atoms with van der Waals surface area (Å²) in [4.78, 5) is 2.53. The smallest absolute Gasteiger partial charge is 0.203 e. The van der Waals surface area contributed by atoms with E-state index in [0.717, 1.165) is 72.9 Å². The predicted octanol–water partition coefficient (Wildman–Crippen LogP) is 2.69. The third kappa shape index (κ3) is 2.90. The van der Waals surface area contributed by atoms with Crippen LogP contribution in [0.15, 0.2) is 54.7 Å². The van der Waals surface area contributed by atoms with Gasteiger partial charge < -0.3 is 14.8 Å². The molecule has 2 saturated heterocycles. The first-order valence-electron chi connectivity index (χ1n) is 11.4. The van der Waals surface area contributed by atoms with E-state index in [1.807, 2.05) is 28.9 Å². The molecule has 5 heterocycles. The Morgan fingerprint density at radius 1 is 0.970 bits per heavy atom. The van der Waals surface area contributed by atoms with Gasteiger partial charge in [0, 0.05) is 50.2 Å². The van der Waals surface area contributed by atoms with Gasteiger partial charge in [0.2, 0.25) is 5.82 Å². The first kappa shape index (κ1) is 18.6. The Morgan fingerprint density at radius 3 is 2.58 bits per heavy atom. The van der Waals surface area contributed by atoms with Gasteiger partial charge in [-0.3, -0.25) is 0 Å². The second-order valence-electron chi connectivity index (χ2n) is 9.24. The summed E-state index contributed by atoms with van der Waals surface area (Å²) in [6.45, 7) is 5.23. The Bertz CT molecular complexity index is 1400. The van der Waals surface area contributed by atoms with Crippen LogP contribution < -0.4 is 10.2 Å². The summed E-state index contributed by atoms with van der Waals surface area (Å²) >= 11 is 0. The van der Waals surface area contributed by atoms with Gasteiger partial charge >= 0.3 is 0 Å². The van der Waals surface area contributed by atoms with Gasteiger partial charge in [0.15, 0.2) is 0 Å². The van der Waals surface area contributed by atoms with Gasteiger partial charge in [-0.1, -0.05) is 12.1 Å². The molecule has 2 aromatic carbocycles. The average molecular weight is 435 g/mol. The molecule has 0 saturated carbocycles. The molecule has 7 rings (SSSR count). The minimum absolute atomic E-state index is 0.659. The molecule has 0 radical (unpaired) electrons. The molecule has 8 heteroatoms. The number of nitriles is 1. The molecule has 3 aliphatic rings. The highest BCUT2D eigenvalue weighted by atomic mass is 15.5. The molecule has 0 aliphatic carbocycles. The van der Waals surface area contributed by atoms with Crippen LogP contribution in [0.5, 0.6) is 0 Å². The number of aromatic nitrogens is 5. The van der Waals surface area contributed by atoms with Crippen molar-refractivity contribution in [1.29, 1.82) is 5.26 Å². The van der Waals surface area contributed by atoms with E-state index in [4.69, 9.17) is 5.26 Å². The Hall–Kier alpha value is -3.96. The summed E-state index contributed by atoms with van der Waals surface area (Å²) < 4.78 is 4.08. The zero-order valence-electron chi connectivity index (χ0n) is 18.0. The molecule has 2 fully saturated rings. The number of nitrogens with zero attached hydrogens (tertiary/aromatic N) is 7. The van der Waals surface area contributed by atoms with Crippen molar-refractivity contribution in [2.45, 2.75) is 6.54 Å². The van der Waals surface area contributed by atoms with Crippen molar-refractivity contribution in [2.75, 3.05) is 31.1 Å². The first-order valence-corrected chi connectivity index (χ1v) is 11.4. The number of rotatable bonds is 2. The molecule has 2 unspecified atom stereocenters. The summed E-state index contributed by atoms with van der Waals surface area (Å²) in [5.41, 5.74) is 7.31. The highest BCUT2D eigenvalue weighted by Gasteiger charge is 2.36. The fourth-order valence-electron chi connectivity index (χ4n) is 5.58. The first-order chi connectivity index (χ1) is 16.3. The van der Waals surface area contributed by atoms with Crippen molar-refractivity contribution in [3.8, 4) is 34.4 Å². The second-order valence-corrected chi connectivity index (χ2v) is 9.24. The number of anilines is 1. The van der Waals surface area contributed by atoms with Gasteiger partial charge in [0.05, 0.1) is 23.0 Å². The Balaban J connectivity index is 1.29. The number of benzene rings is 2. The minimum atomic E-state index is 0.659. The molecule has 33 heavy (non-hydrogen) atoms. The summed E-state index contributed by atoms with van der Waals surface area (Å²) in [7, 11) is 0. The molecule has 4 aromatic rings. The second kappa shape index (κ2) is 7.02. The molecule has 1 N–H and O–H groups in total. The third-order valence-electron chi connectivity index (χ3n) is 7.33. The lowest BCUT2D eigenvalue weighted by Gasteiger charge is -2.21. The van der Waals surface area contributed by atoms with Crippen LogP contribution in [0, 0.1) is 23.2 Å². The summed E-state index contributed by atoms with van der Waals surface area (Å²) in [5.74, 6) is 2.24. The number of hydrogen-bond acceptors (Lipinski definition) is 6. The fourth-order valence-corrected chi connectivity index (χ4v) is 5.58. The SMILES string of the molecule is N#Cc1ccc(-c2cc3n(c2)Cc2cc(N4CC5CNCC5C4)ccc2-n2nnnc2-3)cc1. The maximum atomic E-state index is 9.10. The lowest BCUT2D eigenvalue weighted by atomic mass is 10.0. The van der Waals surface area contributed by atoms with Crippen LogP contribution in [0.1, 0.15) is 11.1 Å². The van der Waals surface area contributed by atoms with E-state index in [-0.39, 0.29) is 0 Å². The average Bonchev–Trinajstić information content (AvgIpc) is 3.62. The molecular formula is C25H22N8. The molecule has 0 spiro atoms. The standard InChI is InChI=1S/C25H22N8/c26-9-16-1-3-17(4-2-16)18-8-24-25-28-29-30-33(25)23-6-5-22(7-19(23)13-32(24)12-18)31-14-20-10-27-11-21(20)15-31/h1-8,12,20-21,27H,10-11,13-15H2. The zero-order chi connectivity index (χ0) is 21.9. The van der Waals surface area contributed by atoms with Gasteiger partial charge in [-0.25, -0.2) is 0 Å². The van der Waals surface area contributed by atoms with Crippen molar-refractivity contribution in [1.82, 2.24) is 30.1 Å². The zero-order valence-corrected chi connectivity index (χ0v) is 18.0. The molecule has 162 valence electrons. The van der Waals surface area contributed by atoms with E-state index in [2.05, 4.69) is 66.8 Å². The molecule has 3 aliphatic heterocycles. The van der Waals surface area contributed by atoms with Crippen LogP contribution in [0.4, 0.5) is 5.69 Å². The van der Waals surface area contributed by atoms with Crippen molar-refractivity contribution >= 4 is 5.69 Å². The highest BCUT2D eigenvalue weighted by molar-refractivity contribution is 5.72. The molecule has 8 nitrogen and oxygen atoms in total. The predicted molar refractivity (Wildman–Crippen MR) is 124 cm³/mol. The quantitative estimate of drug-likeness (QED) is 0.460. The highest BCUT2D eigenvalue weighted by Crippen LogP contribution is 2.36. The largest absolute Gasteiger partial charge is 0.371 e. The Labute approximate surface area is 191 Å². The van der Waals surface area contributed by atoms with Crippen LogP contribution in [0.25, 0.3) is 28.3 Å². The molecule has 2 aromatic heterocycles. The van der Waals surface area contributed by atoms with Crippen molar-refractivity contribution in [3.05, 3.63) is 65.9 Å². The number of hydrogen-bond donors (Lipinski definition) is 1. The monoisotopic (exact) mass is 434 g/mol. The number of tetrazole rings is 1. The van der Waals surface area contributed by atoms with Crippen LogP contribution in [-0.2, 0) is 6.54 Å². The van der Waals surface area contributed by atoms with Crippen LogP contribution >= 0.6 is 0 Å². The van der Waals surface area contributed by atoms with E-state index in [1.54, 1.807) is 0 Å². The van der Waals surface area contributed by atoms with Crippen LogP contribution in [0.3, 0.4) is 0 Å². The Kier molecular flexibility index (Phi) is 3.96. The van der Waals surface area contributed by atoms with E-state index >= 15 is 0 Å². The maximum absolute atomic E-state index is 9.10. The Morgan fingerprint density at radius 2 is 1.79 bits per heavy atom. The van der Waals surface area contributed by atoms with Gasteiger partial charge in [-0.05, 0) is 69.8 Å². The van der Waals surface area contributed by atoms with E-state index in [9.17, 15) is 0 Å². The number of nitrogens with one attached hydrogen (secondary N) is 1. The van der Waals surface area contributed by atoms with Crippen molar-refractivity contribution in [3.63, 3.8) is 0 Å². The van der Waals surface area contributed by atoms with E-state index < -0.39 is 0 Å². The summed E-state index contributed by atoms with van der Waals surface area (Å²) in [6, 6.07) is 18.7. The molecule has 2 atom stereocenters. The fraction of sp³-hybridized carbons (Fsp3) is 0.280. The van der Waals surface area contributed by atoms with Crippen LogP contribution in [0.2, 0.25) is 0 Å². The normalized spacial score (nSPS) is 20.5. The van der Waals surface area contributed by atoms with Gasteiger partial charge in [-0.15, -0.1) is 5.10 Å². The van der Waals surface area contributed by atoms with Gasteiger partial charge in [-0.2, -0.15) is 9.94 Å². The van der Waals surface area contributed by atoms with Crippen molar-refractivity contribution in [2.24, 2.45) is 11.8 Å². The van der Waals surface area contributed by atoms with Crippen molar-refractivity contribution < 1.29 is 0 Å². The lowest BCUT2D eigenvalue weighted by Crippen LogP contribution is -2.25. The minimum Gasteiger partial charge on any atom is -0.371 e. The van der Waals surface area contributed by atoms with Gasteiger partial charge in [0.25, 0.3) is 0 Å². The lowest BCUT2D eigenvalue weighted by molar-refractivity contribution is 0.533. The maximum Gasteiger partial charge on any atom is 0.203 e. The van der Waals surface area contributed by atoms with Gasteiger partial charge in [0.1, 0.15) is 0 Å². The van der Waals surface area contributed by atoms with Crippen LogP contribution in [-0.4, -0.2) is 51.0 Å².